The molecule has 4 N–H and O–H groups in total. The van der Waals surface area contributed by atoms with E-state index in [1.165, 1.54) is 11.3 Å². The van der Waals surface area contributed by atoms with Crippen LogP contribution in [-0.4, -0.2) is 0 Å². The maximum atomic E-state index is 9.22. The van der Waals surface area contributed by atoms with Gasteiger partial charge >= 0.3 is 0 Å². The maximum Gasteiger partial charge on any atom is 0.0985 e. The lowest BCUT2D eigenvalue weighted by Crippen LogP contribution is -2.17. The molecular formula is C11H7BrN4S2. The van der Waals surface area contributed by atoms with Gasteiger partial charge in [-0.2, -0.15) is 10.5 Å². The van der Waals surface area contributed by atoms with Gasteiger partial charge < -0.3 is 11.5 Å². The number of nitrogens with zero attached hydrogens (tertiary/aromatic N) is 2. The molecule has 0 radical (unpaired) electrons. The van der Waals surface area contributed by atoms with Crippen LogP contribution in [0.15, 0.2) is 37.1 Å². The van der Waals surface area contributed by atoms with Crippen LogP contribution in [0.4, 0.5) is 0 Å². The Bertz CT molecular complexity index is 609. The normalized spacial score (nSPS) is 16.6. The van der Waals surface area contributed by atoms with Crippen LogP contribution in [-0.2, 0) is 0 Å². The highest BCUT2D eigenvalue weighted by Gasteiger charge is 2.31. The molecule has 0 atom stereocenters. The van der Waals surface area contributed by atoms with Gasteiger partial charge in [0.25, 0.3) is 0 Å². The first kappa shape index (κ1) is 13.0. The number of hydrogen-bond donors (Lipinski definition) is 2. The van der Waals surface area contributed by atoms with Gasteiger partial charge in [0.1, 0.15) is 0 Å². The van der Waals surface area contributed by atoms with E-state index >= 15 is 0 Å². The monoisotopic (exact) mass is 338 g/mol. The minimum absolute atomic E-state index is 0.364. The van der Waals surface area contributed by atoms with E-state index in [0.717, 1.165) is 21.1 Å². The average molecular weight is 339 g/mol. The van der Waals surface area contributed by atoms with Gasteiger partial charge in [-0.25, -0.2) is 0 Å². The Kier molecular flexibility index (Phi) is 3.67. The molecule has 0 saturated carbocycles. The van der Waals surface area contributed by atoms with Crippen molar-refractivity contribution >= 4 is 39.0 Å². The zero-order valence-electron chi connectivity index (χ0n) is 8.98. The zero-order valence-corrected chi connectivity index (χ0v) is 12.2. The van der Waals surface area contributed by atoms with Crippen LogP contribution in [0.3, 0.4) is 0 Å². The molecule has 1 aliphatic heterocycles. The predicted molar refractivity (Wildman–Crippen MR) is 76.0 cm³/mol. The van der Waals surface area contributed by atoms with E-state index in [2.05, 4.69) is 28.1 Å². The van der Waals surface area contributed by atoms with Crippen molar-refractivity contribution in [2.75, 3.05) is 0 Å². The molecule has 2 heterocycles. The molecule has 0 aliphatic carbocycles. The smallest absolute Gasteiger partial charge is 0.0985 e. The largest absolute Gasteiger partial charge is 0.392 e. The summed E-state index contributed by atoms with van der Waals surface area (Å²) in [5.41, 5.74) is 12.4. The molecule has 18 heavy (non-hydrogen) atoms. The first-order valence-corrected chi connectivity index (χ1v) is 7.28. The quantitative estimate of drug-likeness (QED) is 0.819. The fourth-order valence-electron chi connectivity index (χ4n) is 1.66. The van der Waals surface area contributed by atoms with E-state index in [1.54, 1.807) is 0 Å². The lowest BCUT2D eigenvalue weighted by molar-refractivity contribution is 0.981. The molecule has 0 spiro atoms. The van der Waals surface area contributed by atoms with Crippen LogP contribution >= 0.6 is 39.0 Å². The highest BCUT2D eigenvalue weighted by molar-refractivity contribution is 9.10. The second-order valence-electron chi connectivity index (χ2n) is 3.48. The van der Waals surface area contributed by atoms with Gasteiger partial charge in [0.05, 0.1) is 39.3 Å². The second-order valence-corrected chi connectivity index (χ2v) is 6.42. The standard InChI is InChI=1S/C11H7BrN4S2/c12-5-1-8(17-4-5)9-6(2-13)10(15)18-11(16)7(9)3-14/h1,4,9H,15-16H2. The topological polar surface area (TPSA) is 99.6 Å². The first-order valence-electron chi connectivity index (χ1n) is 4.79. The molecule has 0 bridgehead atoms. The van der Waals surface area contributed by atoms with Crippen LogP contribution in [0.1, 0.15) is 10.8 Å². The summed E-state index contributed by atoms with van der Waals surface area (Å²) in [6.07, 6.45) is 0. The molecule has 2 rings (SSSR count). The molecule has 7 heteroatoms. The van der Waals surface area contributed by atoms with E-state index in [-0.39, 0.29) is 0 Å². The summed E-state index contributed by atoms with van der Waals surface area (Å²) in [5.74, 6) is -0.447. The van der Waals surface area contributed by atoms with Gasteiger partial charge in [0.15, 0.2) is 0 Å². The van der Waals surface area contributed by atoms with Crippen LogP contribution in [0.25, 0.3) is 0 Å². The van der Waals surface area contributed by atoms with Crippen molar-refractivity contribution in [1.82, 2.24) is 0 Å². The van der Waals surface area contributed by atoms with Crippen molar-refractivity contribution in [2.45, 2.75) is 5.92 Å². The Labute approximate surface area is 121 Å². The van der Waals surface area contributed by atoms with E-state index in [9.17, 15) is 10.5 Å². The molecule has 0 saturated heterocycles. The molecule has 0 fully saturated rings. The molecule has 90 valence electrons. The second kappa shape index (κ2) is 5.07. The van der Waals surface area contributed by atoms with Gasteiger partial charge in [0, 0.05) is 14.7 Å². The number of nitriles is 2. The Hall–Kier alpha value is -1.41. The minimum atomic E-state index is -0.447. The number of halogens is 1. The van der Waals surface area contributed by atoms with E-state index in [0.29, 0.717) is 21.2 Å². The molecule has 4 nitrogen and oxygen atoms in total. The molecule has 0 unspecified atom stereocenters. The van der Waals surface area contributed by atoms with E-state index < -0.39 is 5.92 Å². The van der Waals surface area contributed by atoms with Crippen molar-refractivity contribution < 1.29 is 0 Å². The fourth-order valence-corrected chi connectivity index (χ4v) is 4.01. The number of allylic oxidation sites excluding steroid dienone is 2. The highest BCUT2D eigenvalue weighted by atomic mass is 79.9. The van der Waals surface area contributed by atoms with Crippen LogP contribution in [0.5, 0.6) is 0 Å². The van der Waals surface area contributed by atoms with Crippen molar-refractivity contribution in [2.24, 2.45) is 11.5 Å². The first-order chi connectivity index (χ1) is 8.58. The SMILES string of the molecule is N#CC1=C(N)SC(N)=C(C#N)C1c1cc(Br)cs1. The van der Waals surface area contributed by atoms with E-state index in [4.69, 9.17) is 11.5 Å². The summed E-state index contributed by atoms with van der Waals surface area (Å²) in [6, 6.07) is 6.04. The van der Waals surface area contributed by atoms with E-state index in [1.807, 2.05) is 11.4 Å². The van der Waals surface area contributed by atoms with Gasteiger partial charge in [-0.3, -0.25) is 0 Å². The summed E-state index contributed by atoms with van der Waals surface area (Å²) in [4.78, 5) is 0.876. The fraction of sp³-hybridized carbons (Fsp3) is 0.0909. The van der Waals surface area contributed by atoms with Gasteiger partial charge in [-0.05, 0) is 22.0 Å². The molecule has 1 aromatic heterocycles. The third-order valence-electron chi connectivity index (χ3n) is 2.44. The summed E-state index contributed by atoms with van der Waals surface area (Å²) < 4.78 is 0.910. The molecule has 0 aromatic carbocycles. The Balaban J connectivity index is 2.61. The van der Waals surface area contributed by atoms with Crippen molar-refractivity contribution in [3.05, 3.63) is 42.0 Å². The summed E-state index contributed by atoms with van der Waals surface area (Å²) in [6.45, 7) is 0. The maximum absolute atomic E-state index is 9.22. The lowest BCUT2D eigenvalue weighted by atomic mass is 9.91. The average Bonchev–Trinajstić information content (AvgIpc) is 2.74. The molecule has 0 amide bonds. The van der Waals surface area contributed by atoms with Crippen molar-refractivity contribution in [3.63, 3.8) is 0 Å². The number of hydrogen-bond acceptors (Lipinski definition) is 6. The lowest BCUT2D eigenvalue weighted by Gasteiger charge is -2.22. The molecule has 1 aromatic rings. The summed E-state index contributed by atoms with van der Waals surface area (Å²) in [5, 5.41) is 21.1. The number of nitrogens with two attached hydrogens (primary N) is 2. The predicted octanol–water partition coefficient (Wildman–Crippen LogP) is 2.73. The third kappa shape index (κ3) is 2.13. The van der Waals surface area contributed by atoms with Crippen LogP contribution < -0.4 is 11.5 Å². The van der Waals surface area contributed by atoms with Gasteiger partial charge in [-0.1, -0.05) is 11.8 Å². The number of thioether (sulfide) groups is 1. The number of thiophene rings is 1. The minimum Gasteiger partial charge on any atom is -0.392 e. The van der Waals surface area contributed by atoms with Gasteiger partial charge in [-0.15, -0.1) is 11.3 Å². The Morgan fingerprint density at radius 3 is 2.11 bits per heavy atom. The van der Waals surface area contributed by atoms with Crippen molar-refractivity contribution in [1.29, 1.82) is 10.5 Å². The summed E-state index contributed by atoms with van der Waals surface area (Å²) in [7, 11) is 0. The van der Waals surface area contributed by atoms with Crippen LogP contribution in [0, 0.1) is 22.7 Å². The van der Waals surface area contributed by atoms with Crippen LogP contribution in [0.2, 0.25) is 0 Å². The third-order valence-corrected chi connectivity index (χ3v) is 5.08. The Morgan fingerprint density at radius 2 is 1.72 bits per heavy atom. The Morgan fingerprint density at radius 1 is 1.17 bits per heavy atom. The summed E-state index contributed by atoms with van der Waals surface area (Å²) >= 11 is 5.89. The molecular weight excluding hydrogens is 332 g/mol. The molecule has 1 aliphatic rings. The zero-order chi connectivity index (χ0) is 13.3. The van der Waals surface area contributed by atoms with Gasteiger partial charge in [0.2, 0.25) is 0 Å². The number of rotatable bonds is 1. The van der Waals surface area contributed by atoms with Crippen molar-refractivity contribution in [3.8, 4) is 12.1 Å². The highest BCUT2D eigenvalue weighted by Crippen LogP contribution is 2.44.